The molecule has 0 radical (unpaired) electrons. The summed E-state index contributed by atoms with van der Waals surface area (Å²) in [6.45, 7) is 7.32. The van der Waals surface area contributed by atoms with Crippen molar-refractivity contribution in [3.8, 4) is 0 Å². The van der Waals surface area contributed by atoms with Crippen molar-refractivity contribution in [2.75, 3.05) is 12.1 Å². The highest BCUT2D eigenvalue weighted by Crippen LogP contribution is 2.22. The molecule has 0 aliphatic heterocycles. The number of halogens is 1. The van der Waals surface area contributed by atoms with Crippen LogP contribution in [0.1, 0.15) is 33.6 Å². The van der Waals surface area contributed by atoms with E-state index in [4.69, 9.17) is 16.0 Å². The van der Waals surface area contributed by atoms with Gasteiger partial charge in [-0.1, -0.05) is 26.7 Å². The average molecular weight is 209 g/mol. The van der Waals surface area contributed by atoms with Gasteiger partial charge >= 0.3 is 0 Å². The van der Waals surface area contributed by atoms with Crippen LogP contribution in [0, 0.1) is 0 Å². The van der Waals surface area contributed by atoms with Crippen molar-refractivity contribution < 1.29 is 4.43 Å². The lowest BCUT2D eigenvalue weighted by Gasteiger charge is -2.28. The largest absolute Gasteiger partial charge is 0.416 e. The Kier molecular flexibility index (Phi) is 7.20. The highest BCUT2D eigenvalue weighted by molar-refractivity contribution is 6.79. The standard InChI is InChI=1S/C9H21ClOSi/c1-4-7-12(9-10,8-5-2)11-6-3/h4-9H2,1-3H3. The Balaban J connectivity index is 4.06. The molecule has 0 saturated carbocycles. The molecule has 0 aromatic carbocycles. The van der Waals surface area contributed by atoms with Gasteiger partial charge in [-0.2, -0.15) is 0 Å². The molecule has 0 heterocycles. The molecule has 0 unspecified atom stereocenters. The molecule has 0 aromatic rings. The Morgan fingerprint density at radius 1 is 1.08 bits per heavy atom. The zero-order valence-electron chi connectivity index (χ0n) is 8.53. The molecular weight excluding hydrogens is 188 g/mol. The fraction of sp³-hybridized carbons (Fsp3) is 1.00. The van der Waals surface area contributed by atoms with Gasteiger partial charge in [0.25, 0.3) is 0 Å². The molecule has 0 saturated heterocycles. The smallest absolute Gasteiger partial charge is 0.207 e. The maximum Gasteiger partial charge on any atom is 0.207 e. The lowest BCUT2D eigenvalue weighted by Crippen LogP contribution is -2.40. The molecule has 0 aliphatic rings. The van der Waals surface area contributed by atoms with E-state index in [-0.39, 0.29) is 0 Å². The molecule has 0 bridgehead atoms. The fourth-order valence-corrected chi connectivity index (χ4v) is 6.01. The van der Waals surface area contributed by atoms with E-state index in [1.165, 1.54) is 24.9 Å². The molecule has 0 aliphatic carbocycles. The van der Waals surface area contributed by atoms with E-state index in [0.29, 0.717) is 0 Å². The van der Waals surface area contributed by atoms with Gasteiger partial charge < -0.3 is 4.43 Å². The van der Waals surface area contributed by atoms with Gasteiger partial charge in [-0.3, -0.25) is 0 Å². The van der Waals surface area contributed by atoms with Crippen LogP contribution >= 0.6 is 11.6 Å². The maximum absolute atomic E-state index is 6.00. The van der Waals surface area contributed by atoms with Gasteiger partial charge in [-0.25, -0.2) is 0 Å². The molecule has 12 heavy (non-hydrogen) atoms. The minimum absolute atomic E-state index is 0.766. The molecule has 0 aromatic heterocycles. The Hall–Kier alpha value is 0.467. The van der Waals surface area contributed by atoms with E-state index >= 15 is 0 Å². The first kappa shape index (κ1) is 12.5. The van der Waals surface area contributed by atoms with Gasteiger partial charge in [0, 0.05) is 12.1 Å². The summed E-state index contributed by atoms with van der Waals surface area (Å²) in [6, 6.07) is 2.44. The van der Waals surface area contributed by atoms with Crippen molar-refractivity contribution >= 4 is 19.9 Å². The van der Waals surface area contributed by atoms with E-state index in [0.717, 1.165) is 12.1 Å². The van der Waals surface area contributed by atoms with Crippen LogP contribution in [0.3, 0.4) is 0 Å². The Bertz CT molecular complexity index is 91.7. The normalized spacial score (nSPS) is 12.0. The average Bonchev–Trinajstić information content (AvgIpc) is 2.06. The van der Waals surface area contributed by atoms with Gasteiger partial charge in [-0.15, -0.1) is 11.6 Å². The second kappa shape index (κ2) is 6.93. The minimum atomic E-state index is -1.50. The second-order valence-corrected chi connectivity index (χ2v) is 7.97. The molecule has 0 N–H and O–H groups in total. The predicted molar refractivity (Wildman–Crippen MR) is 58.3 cm³/mol. The monoisotopic (exact) mass is 208 g/mol. The number of alkyl halides is 1. The van der Waals surface area contributed by atoms with E-state index in [9.17, 15) is 0 Å². The molecular formula is C9H21ClOSi. The second-order valence-electron chi connectivity index (χ2n) is 3.25. The van der Waals surface area contributed by atoms with Crippen LogP contribution in [-0.2, 0) is 4.43 Å². The molecule has 0 atom stereocenters. The molecule has 1 nitrogen and oxygen atoms in total. The summed E-state index contributed by atoms with van der Waals surface area (Å²) < 4.78 is 5.87. The Morgan fingerprint density at radius 3 is 1.83 bits per heavy atom. The van der Waals surface area contributed by atoms with Gasteiger partial charge in [-0.05, 0) is 19.0 Å². The van der Waals surface area contributed by atoms with Crippen molar-refractivity contribution in [2.45, 2.75) is 45.7 Å². The third-order valence-electron chi connectivity index (χ3n) is 2.11. The summed E-state index contributed by atoms with van der Waals surface area (Å²) >= 11 is 6.00. The van der Waals surface area contributed by atoms with Crippen molar-refractivity contribution in [3.05, 3.63) is 0 Å². The van der Waals surface area contributed by atoms with Gasteiger partial charge in [0.05, 0.1) is 0 Å². The van der Waals surface area contributed by atoms with Gasteiger partial charge in [0.15, 0.2) is 0 Å². The first-order valence-electron chi connectivity index (χ1n) is 4.94. The van der Waals surface area contributed by atoms with Gasteiger partial charge in [0.2, 0.25) is 8.32 Å². The summed E-state index contributed by atoms with van der Waals surface area (Å²) in [5.74, 6) is 0. The number of rotatable bonds is 7. The van der Waals surface area contributed by atoms with E-state index < -0.39 is 8.32 Å². The van der Waals surface area contributed by atoms with Crippen LogP contribution in [0.4, 0.5) is 0 Å². The third kappa shape index (κ3) is 3.92. The molecule has 0 amide bonds. The van der Waals surface area contributed by atoms with Crippen molar-refractivity contribution in [2.24, 2.45) is 0 Å². The maximum atomic E-state index is 6.00. The van der Waals surface area contributed by atoms with E-state index in [1.54, 1.807) is 0 Å². The zero-order valence-corrected chi connectivity index (χ0v) is 10.3. The lowest BCUT2D eigenvalue weighted by molar-refractivity contribution is 0.321. The van der Waals surface area contributed by atoms with Crippen LogP contribution in [0.5, 0.6) is 0 Å². The highest BCUT2D eigenvalue weighted by atomic mass is 35.5. The van der Waals surface area contributed by atoms with Gasteiger partial charge in [0.1, 0.15) is 0 Å². The SMILES string of the molecule is CCC[Si](CCl)(CCC)OCC. The Labute approximate surface area is 82.6 Å². The van der Waals surface area contributed by atoms with Crippen molar-refractivity contribution in [1.82, 2.24) is 0 Å². The number of hydrogen-bond acceptors (Lipinski definition) is 1. The van der Waals surface area contributed by atoms with Crippen LogP contribution in [0.25, 0.3) is 0 Å². The summed E-state index contributed by atoms with van der Waals surface area (Å²) in [5, 5.41) is 0. The van der Waals surface area contributed by atoms with Crippen LogP contribution in [-0.4, -0.2) is 20.4 Å². The number of hydrogen-bond donors (Lipinski definition) is 0. The predicted octanol–water partition coefficient (Wildman–Crippen LogP) is 3.57. The third-order valence-corrected chi connectivity index (χ3v) is 7.78. The Morgan fingerprint density at radius 2 is 1.58 bits per heavy atom. The van der Waals surface area contributed by atoms with Crippen LogP contribution in [0.15, 0.2) is 0 Å². The quantitative estimate of drug-likeness (QED) is 0.459. The first-order valence-corrected chi connectivity index (χ1v) is 8.01. The first-order chi connectivity index (χ1) is 5.74. The topological polar surface area (TPSA) is 9.23 Å². The minimum Gasteiger partial charge on any atom is -0.416 e. The van der Waals surface area contributed by atoms with Crippen LogP contribution in [0.2, 0.25) is 12.1 Å². The summed E-state index contributed by atoms with van der Waals surface area (Å²) in [5.41, 5.74) is 0.766. The summed E-state index contributed by atoms with van der Waals surface area (Å²) in [4.78, 5) is 0. The van der Waals surface area contributed by atoms with E-state index in [1.807, 2.05) is 0 Å². The molecule has 0 spiro atoms. The van der Waals surface area contributed by atoms with Crippen molar-refractivity contribution in [3.63, 3.8) is 0 Å². The zero-order chi connectivity index (χ0) is 9.45. The fourth-order valence-electron chi connectivity index (χ4n) is 1.66. The highest BCUT2D eigenvalue weighted by Gasteiger charge is 2.31. The summed E-state index contributed by atoms with van der Waals surface area (Å²) in [7, 11) is -1.50. The molecule has 0 fully saturated rings. The summed E-state index contributed by atoms with van der Waals surface area (Å²) in [6.07, 6.45) is 2.41. The molecule has 74 valence electrons. The van der Waals surface area contributed by atoms with Crippen molar-refractivity contribution in [1.29, 1.82) is 0 Å². The van der Waals surface area contributed by atoms with E-state index in [2.05, 4.69) is 20.8 Å². The lowest BCUT2D eigenvalue weighted by atomic mass is 10.6. The molecule has 3 heteroatoms. The van der Waals surface area contributed by atoms with Crippen LogP contribution < -0.4 is 0 Å². The molecule has 0 rings (SSSR count).